The fourth-order valence-electron chi connectivity index (χ4n) is 2.81. The summed E-state index contributed by atoms with van der Waals surface area (Å²) in [4.78, 5) is 9.38. The number of hydrogen-bond acceptors (Lipinski definition) is 4. The lowest BCUT2D eigenvalue weighted by molar-refractivity contribution is 0.373. The number of methoxy groups -OCH3 is 1. The normalized spacial score (nSPS) is 11.3. The highest BCUT2D eigenvalue weighted by atomic mass is 35.5. The second-order valence-corrected chi connectivity index (χ2v) is 6.35. The molecule has 0 spiro atoms. The van der Waals surface area contributed by atoms with Crippen molar-refractivity contribution in [1.82, 2.24) is 9.38 Å². The third-order valence-corrected chi connectivity index (χ3v) is 4.42. The first kappa shape index (κ1) is 17.1. The maximum absolute atomic E-state index is 9.87. The molecule has 1 N–H and O–H groups in total. The minimum absolute atomic E-state index is 0.0798. The molecule has 0 bridgehead atoms. The van der Waals surface area contributed by atoms with E-state index in [1.807, 2.05) is 53.1 Å². The van der Waals surface area contributed by atoms with Gasteiger partial charge in [0, 0.05) is 23.0 Å². The first-order valence-electron chi connectivity index (χ1n) is 8.30. The highest BCUT2D eigenvalue weighted by molar-refractivity contribution is 6.30. The number of phenols is 1. The van der Waals surface area contributed by atoms with Gasteiger partial charge in [0.1, 0.15) is 11.3 Å². The Hall–Kier alpha value is -3.31. The van der Waals surface area contributed by atoms with Crippen LogP contribution in [0.4, 0.5) is 5.82 Å². The molecule has 0 aliphatic carbocycles. The van der Waals surface area contributed by atoms with Gasteiger partial charge in [-0.25, -0.2) is 9.98 Å². The van der Waals surface area contributed by atoms with Crippen LogP contribution in [-0.4, -0.2) is 27.8 Å². The predicted molar refractivity (Wildman–Crippen MR) is 108 cm³/mol. The lowest BCUT2D eigenvalue weighted by Crippen LogP contribution is -1.87. The van der Waals surface area contributed by atoms with E-state index in [-0.39, 0.29) is 5.75 Å². The SMILES string of the molecule is COc1cc(-c2nc3ccccn3c2N=Cc2ccc(Cl)cc2)ccc1O. The minimum atomic E-state index is 0.0798. The van der Waals surface area contributed by atoms with Gasteiger partial charge in [0.2, 0.25) is 0 Å². The summed E-state index contributed by atoms with van der Waals surface area (Å²) in [6.07, 6.45) is 3.69. The van der Waals surface area contributed by atoms with Gasteiger partial charge in [-0.3, -0.25) is 4.40 Å². The highest BCUT2D eigenvalue weighted by Crippen LogP contribution is 2.36. The number of fused-ring (bicyclic) bond motifs is 1. The molecule has 4 aromatic rings. The molecule has 5 nitrogen and oxygen atoms in total. The number of aliphatic imine (C=N–C) groups is 1. The maximum Gasteiger partial charge on any atom is 0.165 e. The maximum atomic E-state index is 9.87. The van der Waals surface area contributed by atoms with Crippen LogP contribution in [0.1, 0.15) is 5.56 Å². The molecule has 0 aliphatic heterocycles. The van der Waals surface area contributed by atoms with E-state index in [1.54, 1.807) is 24.4 Å². The number of ether oxygens (including phenoxy) is 1. The summed E-state index contributed by atoms with van der Waals surface area (Å²) in [5.74, 6) is 1.15. The molecule has 27 heavy (non-hydrogen) atoms. The standard InChI is InChI=1S/C21H16ClN3O2/c1-27-18-12-15(7-10-17(18)26)20-21(25-11-3-2-4-19(25)24-20)23-13-14-5-8-16(22)9-6-14/h2-13,26H,1H3. The van der Waals surface area contributed by atoms with Gasteiger partial charge in [0.25, 0.3) is 0 Å². The molecule has 0 aliphatic rings. The van der Waals surface area contributed by atoms with Crippen LogP contribution in [0.15, 0.2) is 71.9 Å². The van der Waals surface area contributed by atoms with Crippen LogP contribution in [-0.2, 0) is 0 Å². The number of aromatic hydroxyl groups is 1. The van der Waals surface area contributed by atoms with E-state index in [9.17, 15) is 5.11 Å². The van der Waals surface area contributed by atoms with Gasteiger partial charge in [0.15, 0.2) is 17.3 Å². The Kier molecular flexibility index (Phi) is 4.52. The van der Waals surface area contributed by atoms with E-state index in [4.69, 9.17) is 21.3 Å². The second-order valence-electron chi connectivity index (χ2n) is 5.91. The minimum Gasteiger partial charge on any atom is -0.504 e. The van der Waals surface area contributed by atoms with E-state index in [1.165, 1.54) is 7.11 Å². The molecule has 2 heterocycles. The molecule has 4 rings (SSSR count). The van der Waals surface area contributed by atoms with Gasteiger partial charge in [-0.2, -0.15) is 0 Å². The van der Waals surface area contributed by atoms with Crippen molar-refractivity contribution in [3.8, 4) is 22.8 Å². The number of halogens is 1. The number of nitrogens with zero attached hydrogens (tertiary/aromatic N) is 3. The molecule has 0 saturated carbocycles. The van der Waals surface area contributed by atoms with Crippen molar-refractivity contribution in [2.24, 2.45) is 4.99 Å². The van der Waals surface area contributed by atoms with Crippen molar-refractivity contribution < 1.29 is 9.84 Å². The van der Waals surface area contributed by atoms with E-state index >= 15 is 0 Å². The Morgan fingerprint density at radius 1 is 1.11 bits per heavy atom. The van der Waals surface area contributed by atoms with Crippen LogP contribution < -0.4 is 4.74 Å². The molecule has 0 unspecified atom stereocenters. The van der Waals surface area contributed by atoms with Crippen molar-refractivity contribution >= 4 is 29.3 Å². The van der Waals surface area contributed by atoms with Crippen LogP contribution in [0.5, 0.6) is 11.5 Å². The zero-order valence-corrected chi connectivity index (χ0v) is 15.3. The molecule has 2 aromatic heterocycles. The molecular weight excluding hydrogens is 362 g/mol. The predicted octanol–water partition coefficient (Wildman–Crippen LogP) is 5.12. The third kappa shape index (κ3) is 3.37. The van der Waals surface area contributed by atoms with Gasteiger partial charge in [-0.15, -0.1) is 0 Å². The zero-order valence-electron chi connectivity index (χ0n) is 14.5. The smallest absolute Gasteiger partial charge is 0.165 e. The summed E-state index contributed by atoms with van der Waals surface area (Å²) in [6.45, 7) is 0. The molecule has 0 fully saturated rings. The first-order chi connectivity index (χ1) is 13.2. The summed E-state index contributed by atoms with van der Waals surface area (Å²) in [7, 11) is 1.52. The van der Waals surface area contributed by atoms with Gasteiger partial charge < -0.3 is 9.84 Å². The first-order valence-corrected chi connectivity index (χ1v) is 8.67. The average molecular weight is 378 g/mol. The Morgan fingerprint density at radius 2 is 1.93 bits per heavy atom. The number of rotatable bonds is 4. The number of imidazole rings is 1. The number of hydrogen-bond donors (Lipinski definition) is 1. The van der Waals surface area contributed by atoms with E-state index in [0.29, 0.717) is 22.3 Å². The van der Waals surface area contributed by atoms with E-state index < -0.39 is 0 Å². The van der Waals surface area contributed by atoms with Crippen molar-refractivity contribution in [3.05, 3.63) is 77.4 Å². The van der Waals surface area contributed by atoms with Crippen LogP contribution in [0.25, 0.3) is 16.9 Å². The van der Waals surface area contributed by atoms with Gasteiger partial charge in [-0.1, -0.05) is 29.8 Å². The molecule has 0 atom stereocenters. The fraction of sp³-hybridized carbons (Fsp3) is 0.0476. The highest BCUT2D eigenvalue weighted by Gasteiger charge is 2.15. The van der Waals surface area contributed by atoms with Crippen molar-refractivity contribution in [1.29, 1.82) is 0 Å². The van der Waals surface area contributed by atoms with Gasteiger partial charge >= 0.3 is 0 Å². The van der Waals surface area contributed by atoms with Crippen LogP contribution >= 0.6 is 11.6 Å². The lowest BCUT2D eigenvalue weighted by Gasteiger charge is -2.06. The van der Waals surface area contributed by atoms with Gasteiger partial charge in [-0.05, 0) is 48.0 Å². The summed E-state index contributed by atoms with van der Waals surface area (Å²) < 4.78 is 7.14. The number of aromatic nitrogens is 2. The number of pyridine rings is 1. The van der Waals surface area contributed by atoms with Gasteiger partial charge in [0.05, 0.1) is 7.11 Å². The average Bonchev–Trinajstić information content (AvgIpc) is 3.06. The summed E-state index contributed by atoms with van der Waals surface area (Å²) in [5.41, 5.74) is 3.21. The number of phenolic OH excluding ortho intramolecular Hbond substituents is 1. The van der Waals surface area contributed by atoms with Crippen LogP contribution in [0.2, 0.25) is 5.02 Å². The topological polar surface area (TPSA) is 59.1 Å². The molecule has 2 aromatic carbocycles. The third-order valence-electron chi connectivity index (χ3n) is 4.16. The Bertz CT molecular complexity index is 1130. The Balaban J connectivity index is 1.86. The van der Waals surface area contributed by atoms with Crippen LogP contribution in [0, 0.1) is 0 Å². The molecule has 0 saturated heterocycles. The lowest BCUT2D eigenvalue weighted by atomic mass is 10.1. The van der Waals surface area contributed by atoms with Crippen molar-refractivity contribution in [2.45, 2.75) is 0 Å². The second kappa shape index (κ2) is 7.13. The van der Waals surface area contributed by atoms with E-state index in [0.717, 1.165) is 16.8 Å². The summed E-state index contributed by atoms with van der Waals surface area (Å²) in [6, 6.07) is 18.4. The number of benzene rings is 2. The largest absolute Gasteiger partial charge is 0.504 e. The van der Waals surface area contributed by atoms with Crippen LogP contribution in [0.3, 0.4) is 0 Å². The van der Waals surface area contributed by atoms with E-state index in [2.05, 4.69) is 4.99 Å². The Morgan fingerprint density at radius 3 is 2.70 bits per heavy atom. The zero-order chi connectivity index (χ0) is 18.8. The Labute approximate surface area is 161 Å². The fourth-order valence-corrected chi connectivity index (χ4v) is 2.94. The molecular formula is C21H16ClN3O2. The monoisotopic (exact) mass is 377 g/mol. The molecule has 134 valence electrons. The quantitative estimate of drug-likeness (QED) is 0.502. The van der Waals surface area contributed by atoms with Crippen molar-refractivity contribution in [3.63, 3.8) is 0 Å². The molecule has 6 heteroatoms. The summed E-state index contributed by atoms with van der Waals surface area (Å²) in [5, 5.41) is 10.6. The van der Waals surface area contributed by atoms with Crippen molar-refractivity contribution in [2.75, 3.05) is 7.11 Å². The molecule has 0 amide bonds. The summed E-state index contributed by atoms with van der Waals surface area (Å²) >= 11 is 5.95. The molecule has 0 radical (unpaired) electrons.